The van der Waals surface area contributed by atoms with Crippen molar-refractivity contribution in [2.45, 2.75) is 26.2 Å². The molecule has 136 valence electrons. The van der Waals surface area contributed by atoms with E-state index in [-0.39, 0.29) is 11.6 Å². The van der Waals surface area contributed by atoms with E-state index in [1.807, 2.05) is 0 Å². The van der Waals surface area contributed by atoms with E-state index < -0.39 is 40.5 Å². The molecule has 1 rings (SSSR count). The van der Waals surface area contributed by atoms with E-state index in [0.717, 1.165) is 0 Å². The van der Waals surface area contributed by atoms with Crippen LogP contribution in [0.5, 0.6) is 0 Å². The van der Waals surface area contributed by atoms with E-state index >= 15 is 0 Å². The summed E-state index contributed by atoms with van der Waals surface area (Å²) in [6.07, 6.45) is -3.93. The first-order chi connectivity index (χ1) is 11.4. The summed E-state index contributed by atoms with van der Waals surface area (Å²) >= 11 is 0. The maximum absolute atomic E-state index is 12.9. The third-order valence-corrected chi connectivity index (χ3v) is 3.17. The van der Waals surface area contributed by atoms with Crippen LogP contribution >= 0.6 is 0 Å². The van der Waals surface area contributed by atoms with Crippen LogP contribution in [0.3, 0.4) is 0 Å². The molecule has 0 atom stereocenters. The highest BCUT2D eigenvalue weighted by atomic mass is 19.4. The molecule has 0 aromatic heterocycles. The fraction of sp³-hybridized carbons (Fsp3) is 0.235. The molecule has 0 saturated heterocycles. The summed E-state index contributed by atoms with van der Waals surface area (Å²) < 4.78 is 77.6. The maximum atomic E-state index is 12.9. The molecule has 1 aromatic rings. The molecule has 0 saturated carbocycles. The molecule has 0 spiro atoms. The van der Waals surface area contributed by atoms with Crippen molar-refractivity contribution in [3.8, 4) is 0 Å². The second-order valence-electron chi connectivity index (χ2n) is 5.10. The molecule has 0 aliphatic heterocycles. The van der Waals surface area contributed by atoms with Gasteiger partial charge in [-0.05, 0) is 43.2 Å². The molecule has 0 unspecified atom stereocenters. The van der Waals surface area contributed by atoms with Crippen molar-refractivity contribution in [2.24, 2.45) is 5.73 Å². The van der Waals surface area contributed by atoms with Crippen LogP contribution in [-0.4, -0.2) is 5.91 Å². The summed E-state index contributed by atoms with van der Waals surface area (Å²) in [6, 6.07) is 0.942. The molecule has 2 N–H and O–H groups in total. The number of rotatable bonds is 4. The molecular formula is C17H15F6NO. The third kappa shape index (κ3) is 5.51. The van der Waals surface area contributed by atoms with Gasteiger partial charge in [0.2, 0.25) is 5.91 Å². The molecule has 0 radical (unpaired) electrons. The van der Waals surface area contributed by atoms with Gasteiger partial charge in [-0.25, -0.2) is 0 Å². The van der Waals surface area contributed by atoms with Crippen LogP contribution in [0.1, 0.15) is 30.5 Å². The Bertz CT molecular complexity index is 706. The normalized spacial score (nSPS) is 14.2. The summed E-state index contributed by atoms with van der Waals surface area (Å²) in [6.45, 7) is 3.08. The topological polar surface area (TPSA) is 43.1 Å². The minimum Gasteiger partial charge on any atom is -0.366 e. The number of alkyl halides is 6. The largest absolute Gasteiger partial charge is 0.416 e. The van der Waals surface area contributed by atoms with E-state index in [0.29, 0.717) is 12.1 Å². The summed E-state index contributed by atoms with van der Waals surface area (Å²) in [5.74, 6) is -1.13. The van der Waals surface area contributed by atoms with Crippen molar-refractivity contribution in [3.63, 3.8) is 0 Å². The van der Waals surface area contributed by atoms with Gasteiger partial charge in [0.15, 0.2) is 0 Å². The average Bonchev–Trinajstić information content (AvgIpc) is 2.45. The minimum absolute atomic E-state index is 0.00684. The van der Waals surface area contributed by atoms with Gasteiger partial charge < -0.3 is 5.73 Å². The Balaban J connectivity index is 3.71. The molecule has 2 nitrogen and oxygen atoms in total. The number of benzene rings is 1. The first-order valence-electron chi connectivity index (χ1n) is 6.97. The van der Waals surface area contributed by atoms with E-state index in [9.17, 15) is 31.1 Å². The highest BCUT2D eigenvalue weighted by molar-refractivity contribution is 6.20. The van der Waals surface area contributed by atoms with E-state index in [2.05, 4.69) is 0 Å². The summed E-state index contributed by atoms with van der Waals surface area (Å²) in [4.78, 5) is 11.6. The minimum atomic E-state index is -5.01. The molecule has 25 heavy (non-hydrogen) atoms. The van der Waals surface area contributed by atoms with Gasteiger partial charge in [-0.2, -0.15) is 26.3 Å². The van der Waals surface area contributed by atoms with Gasteiger partial charge in [0, 0.05) is 5.57 Å². The maximum Gasteiger partial charge on any atom is 0.416 e. The SMILES string of the molecule is CC=CC=CC(C)=C(C(N)=O)c1cc(C(F)(F)F)cc(C(F)(F)F)c1. The zero-order valence-corrected chi connectivity index (χ0v) is 13.3. The molecule has 0 aliphatic carbocycles. The number of primary amides is 1. The van der Waals surface area contributed by atoms with Gasteiger partial charge in [0.05, 0.1) is 11.1 Å². The Labute approximate surface area is 140 Å². The van der Waals surface area contributed by atoms with Crippen LogP contribution < -0.4 is 5.73 Å². The van der Waals surface area contributed by atoms with Gasteiger partial charge in [-0.15, -0.1) is 0 Å². The van der Waals surface area contributed by atoms with Crippen LogP contribution in [0.4, 0.5) is 26.3 Å². The smallest absolute Gasteiger partial charge is 0.366 e. The molecule has 0 heterocycles. The van der Waals surface area contributed by atoms with Crippen molar-refractivity contribution in [2.75, 3.05) is 0 Å². The van der Waals surface area contributed by atoms with Crippen molar-refractivity contribution in [3.05, 3.63) is 64.8 Å². The molecular weight excluding hydrogens is 348 g/mol. The van der Waals surface area contributed by atoms with Crippen LogP contribution in [0.2, 0.25) is 0 Å². The van der Waals surface area contributed by atoms with Gasteiger partial charge in [0.1, 0.15) is 0 Å². The Morgan fingerprint density at radius 3 is 1.80 bits per heavy atom. The average molecular weight is 363 g/mol. The third-order valence-electron chi connectivity index (χ3n) is 3.17. The van der Waals surface area contributed by atoms with Gasteiger partial charge >= 0.3 is 12.4 Å². The Kier molecular flexibility index (Phi) is 6.23. The van der Waals surface area contributed by atoms with Crippen LogP contribution in [0.25, 0.3) is 5.57 Å². The fourth-order valence-electron chi connectivity index (χ4n) is 2.06. The molecule has 0 bridgehead atoms. The lowest BCUT2D eigenvalue weighted by atomic mass is 9.95. The van der Waals surface area contributed by atoms with E-state index in [4.69, 9.17) is 5.73 Å². The van der Waals surface area contributed by atoms with Crippen LogP contribution in [0, 0.1) is 0 Å². The number of carbonyl (C=O) groups is 1. The highest BCUT2D eigenvalue weighted by Crippen LogP contribution is 2.38. The molecule has 1 amide bonds. The monoisotopic (exact) mass is 363 g/mol. The Morgan fingerprint density at radius 1 is 0.960 bits per heavy atom. The van der Waals surface area contributed by atoms with Gasteiger partial charge in [0.25, 0.3) is 0 Å². The van der Waals surface area contributed by atoms with Crippen LogP contribution in [0.15, 0.2) is 48.1 Å². The van der Waals surface area contributed by atoms with Crippen molar-refractivity contribution in [1.29, 1.82) is 0 Å². The van der Waals surface area contributed by atoms with Crippen molar-refractivity contribution >= 4 is 11.5 Å². The van der Waals surface area contributed by atoms with E-state index in [1.165, 1.54) is 19.1 Å². The second kappa shape index (κ2) is 7.58. The fourth-order valence-corrected chi connectivity index (χ4v) is 2.06. The number of amides is 1. The number of allylic oxidation sites excluding steroid dienone is 5. The van der Waals surface area contributed by atoms with E-state index in [1.54, 1.807) is 19.1 Å². The second-order valence-corrected chi connectivity index (χ2v) is 5.10. The van der Waals surface area contributed by atoms with Crippen LogP contribution in [-0.2, 0) is 17.1 Å². The molecule has 8 heteroatoms. The quantitative estimate of drug-likeness (QED) is 0.451. The molecule has 1 aromatic carbocycles. The Hall–Kier alpha value is -2.51. The summed E-state index contributed by atoms with van der Waals surface area (Å²) in [7, 11) is 0. The number of nitrogens with two attached hydrogens (primary N) is 1. The number of halogens is 6. The first-order valence-corrected chi connectivity index (χ1v) is 6.97. The number of carbonyl (C=O) groups excluding carboxylic acids is 1. The zero-order valence-electron chi connectivity index (χ0n) is 13.3. The van der Waals surface area contributed by atoms with Crippen molar-refractivity contribution < 1.29 is 31.1 Å². The van der Waals surface area contributed by atoms with Gasteiger partial charge in [-0.3, -0.25) is 4.79 Å². The lowest BCUT2D eigenvalue weighted by Crippen LogP contribution is -2.17. The number of hydrogen-bond acceptors (Lipinski definition) is 1. The first kappa shape index (κ1) is 20.5. The van der Waals surface area contributed by atoms with Crippen molar-refractivity contribution in [1.82, 2.24) is 0 Å². The summed E-state index contributed by atoms with van der Waals surface area (Å²) in [5, 5.41) is 0. The molecule has 0 aliphatic rings. The predicted molar refractivity (Wildman–Crippen MR) is 82.2 cm³/mol. The number of hydrogen-bond donors (Lipinski definition) is 1. The highest BCUT2D eigenvalue weighted by Gasteiger charge is 2.37. The lowest BCUT2D eigenvalue weighted by molar-refractivity contribution is -0.143. The predicted octanol–water partition coefficient (Wildman–Crippen LogP) is 5.12. The van der Waals surface area contributed by atoms with Gasteiger partial charge in [-0.1, -0.05) is 24.3 Å². The summed E-state index contributed by atoms with van der Waals surface area (Å²) in [5.41, 5.74) is 1.33. The standard InChI is InChI=1S/C17H15F6NO/c1-3-4-5-6-10(2)14(15(24)25)11-7-12(16(18,19)20)9-13(8-11)17(21,22)23/h3-9H,1-2H3,(H2,24,25). The zero-order chi connectivity index (χ0) is 19.4. The Morgan fingerprint density at radius 2 is 1.44 bits per heavy atom. The molecule has 0 fully saturated rings. The lowest BCUT2D eigenvalue weighted by Gasteiger charge is -2.15.